The smallest absolute Gasteiger partial charge is 0.291 e. The number of hydrogen-bond donors (Lipinski definition) is 1. The maximum Gasteiger partial charge on any atom is 0.291 e. The topological polar surface area (TPSA) is 56.1 Å². The first-order chi connectivity index (χ1) is 10.5. The molecule has 22 heavy (non-hydrogen) atoms. The number of nitrogens with zero attached hydrogens (tertiary/aromatic N) is 2. The number of fused-ring (bicyclic) bond motifs is 1. The summed E-state index contributed by atoms with van der Waals surface area (Å²) >= 11 is 0.336. The molecule has 2 aromatic rings. The quantitative estimate of drug-likeness (QED) is 0.793. The number of imidazole rings is 1. The standard InChI is InChI=1S/C14H17F2N3O2S/c1-9(8-21-2)17-12(20)7-19-11-6-4-3-5-10(11)18-14(19)22-13(15)16/h3-6,9,13H,7-8H2,1-2H3,(H,17,20)/t9-/m1/s1. The van der Waals surface area contributed by atoms with Crippen molar-refractivity contribution in [3.05, 3.63) is 24.3 Å². The van der Waals surface area contributed by atoms with Gasteiger partial charge >= 0.3 is 0 Å². The van der Waals surface area contributed by atoms with Crippen LogP contribution in [0.15, 0.2) is 29.4 Å². The molecule has 0 aliphatic heterocycles. The van der Waals surface area contributed by atoms with Gasteiger partial charge in [-0.15, -0.1) is 0 Å². The first kappa shape index (κ1) is 16.7. The number of carbonyl (C=O) groups excluding carboxylic acids is 1. The number of hydrogen-bond acceptors (Lipinski definition) is 4. The highest BCUT2D eigenvalue weighted by Gasteiger charge is 2.18. The zero-order chi connectivity index (χ0) is 16.1. The fourth-order valence-corrected chi connectivity index (χ4v) is 2.73. The number of para-hydroxylation sites is 2. The molecular weight excluding hydrogens is 312 g/mol. The Balaban J connectivity index is 2.22. The Morgan fingerprint density at radius 3 is 2.86 bits per heavy atom. The average Bonchev–Trinajstić information content (AvgIpc) is 2.76. The van der Waals surface area contributed by atoms with Crippen LogP contribution in [0.3, 0.4) is 0 Å². The lowest BCUT2D eigenvalue weighted by atomic mass is 10.3. The molecule has 0 bridgehead atoms. The van der Waals surface area contributed by atoms with Crippen molar-refractivity contribution in [2.45, 2.75) is 30.4 Å². The van der Waals surface area contributed by atoms with Crippen molar-refractivity contribution in [3.8, 4) is 0 Å². The van der Waals surface area contributed by atoms with Crippen molar-refractivity contribution >= 4 is 28.7 Å². The van der Waals surface area contributed by atoms with Crippen LogP contribution in [0, 0.1) is 0 Å². The van der Waals surface area contributed by atoms with E-state index < -0.39 is 5.76 Å². The molecule has 0 saturated carbocycles. The van der Waals surface area contributed by atoms with Crippen LogP contribution in [0.4, 0.5) is 8.78 Å². The van der Waals surface area contributed by atoms with E-state index in [1.54, 1.807) is 31.4 Å². The van der Waals surface area contributed by atoms with Crippen molar-refractivity contribution in [2.24, 2.45) is 0 Å². The maximum atomic E-state index is 12.7. The molecule has 1 heterocycles. The van der Waals surface area contributed by atoms with Crippen molar-refractivity contribution < 1.29 is 18.3 Å². The molecule has 8 heteroatoms. The minimum atomic E-state index is -2.59. The van der Waals surface area contributed by atoms with E-state index in [1.807, 2.05) is 6.92 Å². The normalized spacial score (nSPS) is 12.8. The Bertz CT molecular complexity index is 648. The minimum Gasteiger partial charge on any atom is -0.383 e. The van der Waals surface area contributed by atoms with Crippen molar-refractivity contribution in [3.63, 3.8) is 0 Å². The number of aromatic nitrogens is 2. The number of carbonyl (C=O) groups is 1. The van der Waals surface area contributed by atoms with Gasteiger partial charge in [0.2, 0.25) is 5.91 Å². The highest BCUT2D eigenvalue weighted by molar-refractivity contribution is 7.99. The van der Waals surface area contributed by atoms with Gasteiger partial charge in [-0.3, -0.25) is 4.79 Å². The van der Waals surface area contributed by atoms with E-state index in [2.05, 4.69) is 10.3 Å². The predicted molar refractivity (Wildman–Crippen MR) is 81.1 cm³/mol. The third-order valence-electron chi connectivity index (χ3n) is 2.94. The van der Waals surface area contributed by atoms with Crippen LogP contribution in [-0.4, -0.2) is 41.0 Å². The van der Waals surface area contributed by atoms with Gasteiger partial charge in [0.05, 0.1) is 17.6 Å². The predicted octanol–water partition coefficient (Wildman–Crippen LogP) is 2.50. The van der Waals surface area contributed by atoms with Crippen LogP contribution < -0.4 is 5.32 Å². The molecule has 1 atom stereocenters. The minimum absolute atomic E-state index is 0.0659. The number of thioether (sulfide) groups is 1. The number of rotatable bonds is 7. The van der Waals surface area contributed by atoms with Crippen molar-refractivity contribution in [1.82, 2.24) is 14.9 Å². The van der Waals surface area contributed by atoms with Crippen LogP contribution in [0.1, 0.15) is 6.92 Å². The lowest BCUT2D eigenvalue weighted by Crippen LogP contribution is -2.37. The summed E-state index contributed by atoms with van der Waals surface area (Å²) in [5.74, 6) is -2.87. The van der Waals surface area contributed by atoms with Gasteiger partial charge in [-0.1, -0.05) is 12.1 Å². The summed E-state index contributed by atoms with van der Waals surface area (Å²) in [6, 6.07) is 6.88. The van der Waals surface area contributed by atoms with E-state index in [4.69, 9.17) is 4.74 Å². The van der Waals surface area contributed by atoms with E-state index in [-0.39, 0.29) is 23.7 Å². The second-order valence-electron chi connectivity index (χ2n) is 4.77. The van der Waals surface area contributed by atoms with Gasteiger partial charge < -0.3 is 14.6 Å². The van der Waals surface area contributed by atoms with Crippen molar-refractivity contribution in [2.75, 3.05) is 13.7 Å². The highest BCUT2D eigenvalue weighted by atomic mass is 32.2. The summed E-state index contributed by atoms with van der Waals surface area (Å²) in [6.07, 6.45) is 0. The molecule has 0 aliphatic carbocycles. The largest absolute Gasteiger partial charge is 0.383 e. The molecule has 5 nitrogen and oxygen atoms in total. The summed E-state index contributed by atoms with van der Waals surface area (Å²) in [5, 5.41) is 2.89. The second kappa shape index (κ2) is 7.55. The van der Waals surface area contributed by atoms with Crippen LogP contribution in [0.5, 0.6) is 0 Å². The van der Waals surface area contributed by atoms with Gasteiger partial charge in [-0.25, -0.2) is 4.98 Å². The second-order valence-corrected chi connectivity index (χ2v) is 5.73. The molecule has 0 aliphatic rings. The average molecular weight is 329 g/mol. The van der Waals surface area contributed by atoms with E-state index in [0.717, 1.165) is 0 Å². The lowest BCUT2D eigenvalue weighted by Gasteiger charge is -2.14. The van der Waals surface area contributed by atoms with Crippen LogP contribution in [0.2, 0.25) is 0 Å². The molecule has 120 valence electrons. The third-order valence-corrected chi connectivity index (χ3v) is 3.64. The van der Waals surface area contributed by atoms with Gasteiger partial charge in [0.15, 0.2) is 5.16 Å². The van der Waals surface area contributed by atoms with Gasteiger partial charge in [-0.05, 0) is 30.8 Å². The number of alkyl halides is 2. The zero-order valence-electron chi connectivity index (χ0n) is 12.3. The molecule has 1 aromatic carbocycles. The molecule has 0 unspecified atom stereocenters. The summed E-state index contributed by atoms with van der Waals surface area (Å²) in [5.41, 5.74) is 1.24. The van der Waals surface area contributed by atoms with Crippen molar-refractivity contribution in [1.29, 1.82) is 0 Å². The maximum absolute atomic E-state index is 12.7. The number of benzene rings is 1. The SMILES string of the molecule is COC[C@@H](C)NC(=O)Cn1c(SC(F)F)nc2ccccc21. The number of ether oxygens (including phenoxy) is 1. The van der Waals surface area contributed by atoms with E-state index in [0.29, 0.717) is 29.4 Å². The number of nitrogens with one attached hydrogen (secondary N) is 1. The Morgan fingerprint density at radius 1 is 1.45 bits per heavy atom. The number of amides is 1. The monoisotopic (exact) mass is 329 g/mol. The van der Waals surface area contributed by atoms with Gasteiger partial charge in [0, 0.05) is 13.2 Å². The molecule has 0 saturated heterocycles. The van der Waals surface area contributed by atoms with Crippen LogP contribution in [0.25, 0.3) is 11.0 Å². The molecule has 1 N–H and O–H groups in total. The highest BCUT2D eigenvalue weighted by Crippen LogP contribution is 2.28. The summed E-state index contributed by atoms with van der Waals surface area (Å²) in [7, 11) is 1.55. The van der Waals surface area contributed by atoms with Gasteiger partial charge in [-0.2, -0.15) is 8.78 Å². The summed E-state index contributed by atoms with van der Waals surface area (Å²) in [6.45, 7) is 2.13. The van der Waals surface area contributed by atoms with Crippen LogP contribution >= 0.6 is 11.8 Å². The Labute approximate surface area is 131 Å². The molecule has 2 rings (SSSR count). The zero-order valence-corrected chi connectivity index (χ0v) is 13.1. The molecule has 1 aromatic heterocycles. The molecule has 0 fully saturated rings. The third kappa shape index (κ3) is 4.17. The lowest BCUT2D eigenvalue weighted by molar-refractivity contribution is -0.122. The fourth-order valence-electron chi connectivity index (χ4n) is 2.13. The van der Waals surface area contributed by atoms with E-state index in [9.17, 15) is 13.6 Å². The molecule has 0 radical (unpaired) electrons. The Morgan fingerprint density at radius 2 is 2.18 bits per heavy atom. The Hall–Kier alpha value is -1.67. The molecule has 0 spiro atoms. The number of halogens is 2. The summed E-state index contributed by atoms with van der Waals surface area (Å²) < 4.78 is 31.8. The first-order valence-corrected chi connectivity index (χ1v) is 7.57. The first-order valence-electron chi connectivity index (χ1n) is 6.69. The van der Waals surface area contributed by atoms with Gasteiger partial charge in [0.1, 0.15) is 6.54 Å². The molecule has 1 amide bonds. The van der Waals surface area contributed by atoms with Crippen LogP contribution in [-0.2, 0) is 16.1 Å². The summed E-state index contributed by atoms with van der Waals surface area (Å²) in [4.78, 5) is 16.2. The van der Waals surface area contributed by atoms with E-state index in [1.165, 1.54) is 4.57 Å². The Kier molecular flexibility index (Phi) is 5.73. The molecular formula is C14H17F2N3O2S. The van der Waals surface area contributed by atoms with Gasteiger partial charge in [0.25, 0.3) is 5.76 Å². The fraction of sp³-hybridized carbons (Fsp3) is 0.429. The van der Waals surface area contributed by atoms with E-state index >= 15 is 0 Å². The number of methoxy groups -OCH3 is 1.